The van der Waals surface area contributed by atoms with Gasteiger partial charge in [-0.3, -0.25) is 4.79 Å². The first-order valence-corrected chi connectivity index (χ1v) is 4.75. The zero-order valence-corrected chi connectivity index (χ0v) is 8.66. The quantitative estimate of drug-likeness (QED) is 0.698. The molecule has 2 heterocycles. The smallest absolute Gasteiger partial charge is 0.219 e. The van der Waals surface area contributed by atoms with E-state index >= 15 is 0 Å². The summed E-state index contributed by atoms with van der Waals surface area (Å²) in [6.45, 7) is 1.84. The highest BCUT2D eigenvalue weighted by Crippen LogP contribution is 2.06. The van der Waals surface area contributed by atoms with Gasteiger partial charge in [-0.2, -0.15) is 0 Å². The van der Waals surface area contributed by atoms with Crippen molar-refractivity contribution in [1.82, 2.24) is 25.3 Å². The van der Waals surface area contributed by atoms with Gasteiger partial charge in [0, 0.05) is 12.5 Å². The van der Waals surface area contributed by atoms with Gasteiger partial charge >= 0.3 is 0 Å². The molecule has 8 heteroatoms. The van der Waals surface area contributed by atoms with E-state index in [1.807, 2.05) is 6.92 Å². The summed E-state index contributed by atoms with van der Waals surface area (Å²) in [4.78, 5) is 10.7. The Kier molecular flexibility index (Phi) is 2.63. The van der Waals surface area contributed by atoms with Crippen LogP contribution in [-0.4, -0.2) is 37.2 Å². The van der Waals surface area contributed by atoms with E-state index in [1.165, 1.54) is 4.63 Å². The van der Waals surface area contributed by atoms with Crippen molar-refractivity contribution in [3.8, 4) is 0 Å². The molecule has 1 atom stereocenters. The third-order valence-corrected chi connectivity index (χ3v) is 1.97. The molecule has 2 aromatic heterocycles. The molecule has 0 aliphatic carbocycles. The zero-order valence-electron chi connectivity index (χ0n) is 8.66. The van der Waals surface area contributed by atoms with Crippen LogP contribution in [0.25, 0.3) is 5.65 Å². The molecule has 2 aromatic rings. The SMILES string of the molecule is CC(CC(N)=O)Nc1ccc2nnnn2n1. The Hall–Kier alpha value is -2.25. The minimum atomic E-state index is -0.358. The van der Waals surface area contributed by atoms with Crippen molar-refractivity contribution in [2.75, 3.05) is 5.32 Å². The van der Waals surface area contributed by atoms with Crippen molar-refractivity contribution >= 4 is 17.4 Å². The van der Waals surface area contributed by atoms with E-state index in [1.54, 1.807) is 12.1 Å². The number of carbonyl (C=O) groups excluding carboxylic acids is 1. The standard InChI is InChI=1S/C8H11N7O/c1-5(4-6(9)16)10-7-2-3-8-11-13-14-15(8)12-7/h2-3,5H,4H2,1H3,(H2,9,16)(H,10,12). The molecule has 0 bridgehead atoms. The highest BCUT2D eigenvalue weighted by Gasteiger charge is 2.07. The maximum Gasteiger partial charge on any atom is 0.219 e. The molecule has 0 saturated carbocycles. The lowest BCUT2D eigenvalue weighted by Gasteiger charge is -2.11. The Morgan fingerprint density at radius 3 is 3.19 bits per heavy atom. The number of nitrogens with zero attached hydrogens (tertiary/aromatic N) is 5. The van der Waals surface area contributed by atoms with E-state index in [0.717, 1.165) is 0 Å². The molecule has 0 aliphatic rings. The van der Waals surface area contributed by atoms with Gasteiger partial charge in [-0.05, 0) is 29.5 Å². The van der Waals surface area contributed by atoms with Gasteiger partial charge in [0.05, 0.1) is 0 Å². The molecule has 84 valence electrons. The van der Waals surface area contributed by atoms with Gasteiger partial charge in [0.2, 0.25) is 5.91 Å². The van der Waals surface area contributed by atoms with Crippen LogP contribution < -0.4 is 11.1 Å². The first-order chi connectivity index (χ1) is 7.65. The Morgan fingerprint density at radius 2 is 2.44 bits per heavy atom. The molecule has 0 saturated heterocycles. The second-order valence-electron chi connectivity index (χ2n) is 3.46. The lowest BCUT2D eigenvalue weighted by Crippen LogP contribution is -2.24. The van der Waals surface area contributed by atoms with E-state index < -0.39 is 0 Å². The molecule has 0 fully saturated rings. The van der Waals surface area contributed by atoms with Crippen molar-refractivity contribution < 1.29 is 4.79 Å². The molecule has 0 aromatic carbocycles. The number of primary amides is 1. The molecular weight excluding hydrogens is 210 g/mol. The van der Waals surface area contributed by atoms with Gasteiger partial charge in [0.25, 0.3) is 0 Å². The molecule has 3 N–H and O–H groups in total. The van der Waals surface area contributed by atoms with E-state index in [0.29, 0.717) is 11.5 Å². The maximum atomic E-state index is 10.7. The number of amides is 1. The number of hydrogen-bond donors (Lipinski definition) is 2. The van der Waals surface area contributed by atoms with Gasteiger partial charge in [-0.15, -0.1) is 14.8 Å². The summed E-state index contributed by atoms with van der Waals surface area (Å²) < 4.78 is 1.30. The van der Waals surface area contributed by atoms with Crippen molar-refractivity contribution in [1.29, 1.82) is 0 Å². The highest BCUT2D eigenvalue weighted by molar-refractivity contribution is 5.74. The Morgan fingerprint density at radius 1 is 1.62 bits per heavy atom. The first-order valence-electron chi connectivity index (χ1n) is 4.75. The van der Waals surface area contributed by atoms with Gasteiger partial charge in [0.15, 0.2) is 5.65 Å². The number of hydrogen-bond acceptors (Lipinski definition) is 6. The largest absolute Gasteiger partial charge is 0.370 e. The summed E-state index contributed by atoms with van der Waals surface area (Å²) >= 11 is 0. The van der Waals surface area contributed by atoms with E-state index in [-0.39, 0.29) is 18.4 Å². The molecule has 2 rings (SSSR count). The van der Waals surface area contributed by atoms with Gasteiger partial charge in [0.1, 0.15) is 5.82 Å². The molecule has 0 spiro atoms. The number of nitrogens with one attached hydrogen (secondary N) is 1. The van der Waals surface area contributed by atoms with E-state index in [9.17, 15) is 4.79 Å². The number of tetrazole rings is 1. The fraction of sp³-hybridized carbons (Fsp3) is 0.375. The highest BCUT2D eigenvalue weighted by atomic mass is 16.1. The van der Waals surface area contributed by atoms with E-state index in [4.69, 9.17) is 5.73 Å². The number of rotatable bonds is 4. The number of nitrogens with two attached hydrogens (primary N) is 1. The minimum absolute atomic E-state index is 0.0843. The van der Waals surface area contributed by atoms with Crippen LogP contribution in [0.5, 0.6) is 0 Å². The fourth-order valence-corrected chi connectivity index (χ4v) is 1.33. The summed E-state index contributed by atoms with van der Waals surface area (Å²) in [5, 5.41) is 18.0. The predicted molar refractivity (Wildman–Crippen MR) is 55.5 cm³/mol. The second-order valence-corrected chi connectivity index (χ2v) is 3.46. The van der Waals surface area contributed by atoms with Crippen LogP contribution in [0.1, 0.15) is 13.3 Å². The summed E-state index contributed by atoms with van der Waals surface area (Å²) in [6.07, 6.45) is 0.245. The summed E-state index contributed by atoms with van der Waals surface area (Å²) in [6, 6.07) is 3.38. The molecule has 16 heavy (non-hydrogen) atoms. The summed E-state index contributed by atoms with van der Waals surface area (Å²) in [5.41, 5.74) is 5.65. The fourth-order valence-electron chi connectivity index (χ4n) is 1.33. The molecule has 1 amide bonds. The minimum Gasteiger partial charge on any atom is -0.370 e. The number of carbonyl (C=O) groups is 1. The third kappa shape index (κ3) is 2.22. The predicted octanol–water partition coefficient (Wildman–Crippen LogP) is -0.805. The summed E-state index contributed by atoms with van der Waals surface area (Å²) in [7, 11) is 0. The number of aromatic nitrogens is 5. The van der Waals surface area contributed by atoms with Crippen LogP contribution >= 0.6 is 0 Å². The molecule has 0 radical (unpaired) electrons. The van der Waals surface area contributed by atoms with E-state index in [2.05, 4.69) is 25.9 Å². The molecule has 0 aliphatic heterocycles. The average Bonchev–Trinajstić information content (AvgIpc) is 2.63. The van der Waals surface area contributed by atoms with Gasteiger partial charge < -0.3 is 11.1 Å². The van der Waals surface area contributed by atoms with Crippen molar-refractivity contribution in [3.05, 3.63) is 12.1 Å². The molecule has 1 unspecified atom stereocenters. The maximum absolute atomic E-state index is 10.7. The molecular formula is C8H11N7O. The van der Waals surface area contributed by atoms with Crippen LogP contribution in [0, 0.1) is 0 Å². The van der Waals surface area contributed by atoms with Crippen LogP contribution in [0.4, 0.5) is 5.82 Å². The van der Waals surface area contributed by atoms with Crippen molar-refractivity contribution in [2.45, 2.75) is 19.4 Å². The number of anilines is 1. The summed E-state index contributed by atoms with van der Waals surface area (Å²) in [5.74, 6) is 0.233. The van der Waals surface area contributed by atoms with Gasteiger partial charge in [-0.25, -0.2) is 0 Å². The normalized spacial score (nSPS) is 12.6. The lowest BCUT2D eigenvalue weighted by atomic mass is 10.2. The zero-order chi connectivity index (χ0) is 11.5. The topological polar surface area (TPSA) is 111 Å². The second kappa shape index (κ2) is 4.09. The Labute approximate surface area is 90.8 Å². The van der Waals surface area contributed by atoms with Crippen LogP contribution in [0.2, 0.25) is 0 Å². The lowest BCUT2D eigenvalue weighted by molar-refractivity contribution is -0.118. The van der Waals surface area contributed by atoms with Crippen LogP contribution in [-0.2, 0) is 4.79 Å². The van der Waals surface area contributed by atoms with Crippen LogP contribution in [0.3, 0.4) is 0 Å². The first kappa shape index (κ1) is 10.3. The van der Waals surface area contributed by atoms with Crippen LogP contribution in [0.15, 0.2) is 12.1 Å². The third-order valence-electron chi connectivity index (χ3n) is 1.97. The number of fused-ring (bicyclic) bond motifs is 1. The Bertz CT molecular complexity index is 508. The van der Waals surface area contributed by atoms with Crippen molar-refractivity contribution in [3.63, 3.8) is 0 Å². The monoisotopic (exact) mass is 221 g/mol. The average molecular weight is 221 g/mol. The van der Waals surface area contributed by atoms with Crippen molar-refractivity contribution in [2.24, 2.45) is 5.73 Å². The van der Waals surface area contributed by atoms with Gasteiger partial charge in [-0.1, -0.05) is 0 Å². The Balaban J connectivity index is 2.11. The molecule has 8 nitrogen and oxygen atoms in total.